The van der Waals surface area contributed by atoms with Gasteiger partial charge in [0, 0.05) is 30.4 Å². The van der Waals surface area contributed by atoms with Crippen molar-refractivity contribution in [3.05, 3.63) is 213 Å². The van der Waals surface area contributed by atoms with Crippen LogP contribution in [0.2, 0.25) is 0 Å². The second kappa shape index (κ2) is 21.0. The minimum Gasteiger partial charge on any atom is -0.495 e. The molecule has 0 radical (unpaired) electrons. The number of ether oxygens (including phenoxy) is 2. The molecule has 17 heteroatoms. The Bertz CT molecular complexity index is 3050. The maximum Gasteiger partial charge on any atom is 0.335 e. The van der Waals surface area contributed by atoms with Gasteiger partial charge in [0.2, 0.25) is 0 Å². The number of rotatable bonds is 11. The molecule has 332 valence electrons. The van der Waals surface area contributed by atoms with E-state index in [-0.39, 0.29) is 46.2 Å². The van der Waals surface area contributed by atoms with Crippen molar-refractivity contribution in [3.8, 4) is 22.9 Å². The molecule has 0 aliphatic carbocycles. The summed E-state index contributed by atoms with van der Waals surface area (Å²) >= 11 is 0. The van der Waals surface area contributed by atoms with Gasteiger partial charge in [-0.3, -0.25) is 14.4 Å². The number of nitrogens with one attached hydrogen (secondary N) is 1. The van der Waals surface area contributed by atoms with Crippen molar-refractivity contribution in [1.29, 1.82) is 0 Å². The van der Waals surface area contributed by atoms with E-state index in [1.54, 1.807) is 107 Å². The van der Waals surface area contributed by atoms with E-state index in [4.69, 9.17) is 20.3 Å². The standard InChI is InChI=1S/C24H21FN4O3.C12H11FN2O.C12H12N2O3/c1-16-13-29(15-26-16)21-10-7-18(12-22(21)32-2)23(30)27-20-4-3-11-28(24(20)31)14-17-5-8-19(25)9-6-17;13-10-5-3-9(4-6-10)8-15-7-1-2-11(14)12(15)16;1-8-6-14(7-13-8)10-4-3-9(12(15)16)5-11(10)17-2/h3-13,15H,14H2,1-2H3,(H,27,30);1-7H,8,14H2;3-7H,1-2H3,(H,15,16). The van der Waals surface area contributed by atoms with Gasteiger partial charge < -0.3 is 43.9 Å². The van der Waals surface area contributed by atoms with Crippen molar-refractivity contribution >= 4 is 23.3 Å². The molecule has 0 aliphatic heterocycles. The van der Waals surface area contributed by atoms with Gasteiger partial charge in [-0.15, -0.1) is 0 Å². The second-order valence-electron chi connectivity index (χ2n) is 14.4. The highest BCUT2D eigenvalue weighted by molar-refractivity contribution is 6.04. The summed E-state index contributed by atoms with van der Waals surface area (Å²) in [4.78, 5) is 56.4. The minimum absolute atomic E-state index is 0.146. The number of pyridine rings is 2. The van der Waals surface area contributed by atoms with Crippen LogP contribution in [0.3, 0.4) is 0 Å². The third-order valence-corrected chi connectivity index (χ3v) is 9.70. The average Bonchev–Trinajstić information content (AvgIpc) is 3.95. The molecule has 4 N–H and O–H groups in total. The van der Waals surface area contributed by atoms with Gasteiger partial charge in [-0.25, -0.2) is 23.5 Å². The molecule has 8 rings (SSSR count). The Morgan fingerprint density at radius 3 is 1.58 bits per heavy atom. The van der Waals surface area contributed by atoms with Gasteiger partial charge in [0.05, 0.1) is 74.0 Å². The second-order valence-corrected chi connectivity index (χ2v) is 14.4. The number of carboxylic acid groups (broad SMARTS) is 1. The van der Waals surface area contributed by atoms with Crippen LogP contribution in [0.4, 0.5) is 20.2 Å². The molecule has 0 fully saturated rings. The molecule has 0 spiro atoms. The average molecular weight is 883 g/mol. The number of aromatic carboxylic acids is 1. The molecule has 4 aromatic carbocycles. The molecule has 0 unspecified atom stereocenters. The number of halogens is 2. The van der Waals surface area contributed by atoms with Crippen LogP contribution in [0.15, 0.2) is 156 Å². The van der Waals surface area contributed by atoms with Crippen LogP contribution in [0, 0.1) is 25.5 Å². The molecule has 0 atom stereocenters. The number of hydrogen-bond donors (Lipinski definition) is 3. The number of hydrogen-bond acceptors (Lipinski definition) is 9. The Labute approximate surface area is 371 Å². The van der Waals surface area contributed by atoms with Crippen LogP contribution >= 0.6 is 0 Å². The molecule has 8 aromatic rings. The van der Waals surface area contributed by atoms with E-state index in [2.05, 4.69) is 15.3 Å². The van der Waals surface area contributed by atoms with Gasteiger partial charge in [-0.05, 0) is 110 Å². The van der Waals surface area contributed by atoms with Gasteiger partial charge in [0.15, 0.2) is 0 Å². The zero-order valence-corrected chi connectivity index (χ0v) is 35.7. The van der Waals surface area contributed by atoms with Gasteiger partial charge in [0.1, 0.15) is 28.8 Å². The summed E-state index contributed by atoms with van der Waals surface area (Å²) in [6.45, 7) is 4.42. The van der Waals surface area contributed by atoms with Crippen LogP contribution in [-0.2, 0) is 13.1 Å². The van der Waals surface area contributed by atoms with E-state index in [1.165, 1.54) is 59.8 Å². The maximum absolute atomic E-state index is 13.1. The first-order valence-electron chi connectivity index (χ1n) is 19.8. The third kappa shape index (κ3) is 11.9. The summed E-state index contributed by atoms with van der Waals surface area (Å²) in [5, 5.41) is 11.6. The number of carboxylic acids is 1. The van der Waals surface area contributed by atoms with Crippen molar-refractivity contribution in [2.45, 2.75) is 26.9 Å². The number of nitrogens with two attached hydrogens (primary N) is 1. The van der Waals surface area contributed by atoms with E-state index >= 15 is 0 Å². The normalized spacial score (nSPS) is 10.5. The fraction of sp³-hybridized carbons (Fsp3) is 0.125. The topological polar surface area (TPSA) is 191 Å². The first kappa shape index (κ1) is 45.9. The fourth-order valence-electron chi connectivity index (χ4n) is 6.37. The predicted octanol–water partition coefficient (Wildman–Crippen LogP) is 7.30. The lowest BCUT2D eigenvalue weighted by Crippen LogP contribution is -2.25. The Morgan fingerprint density at radius 1 is 0.662 bits per heavy atom. The SMILES string of the molecule is COc1cc(C(=O)Nc2cccn(Cc3ccc(F)cc3)c2=O)ccc1-n1cnc(C)c1.COc1cc(C(=O)O)ccc1-n1cnc(C)c1.Nc1cccn(Cc2ccc(F)cc2)c1=O. The largest absolute Gasteiger partial charge is 0.495 e. The van der Waals surface area contributed by atoms with E-state index in [9.17, 15) is 28.0 Å². The quantitative estimate of drug-likeness (QED) is 0.119. The minimum atomic E-state index is -0.975. The molecule has 0 aliphatic rings. The number of carbonyl (C=O) groups is 2. The van der Waals surface area contributed by atoms with Crippen LogP contribution < -0.4 is 31.6 Å². The lowest BCUT2D eigenvalue weighted by molar-refractivity contribution is 0.0696. The van der Waals surface area contributed by atoms with Crippen molar-refractivity contribution in [3.63, 3.8) is 0 Å². The lowest BCUT2D eigenvalue weighted by Gasteiger charge is -2.12. The Morgan fingerprint density at radius 2 is 1.12 bits per heavy atom. The number of benzene rings is 4. The first-order chi connectivity index (χ1) is 31.2. The summed E-state index contributed by atoms with van der Waals surface area (Å²) in [7, 11) is 3.03. The smallest absolute Gasteiger partial charge is 0.335 e. The number of nitrogen functional groups attached to an aromatic ring is 1. The number of aryl methyl sites for hydroxylation is 2. The first-order valence-corrected chi connectivity index (χ1v) is 19.8. The Kier molecular flexibility index (Phi) is 14.8. The zero-order chi connectivity index (χ0) is 46.6. The monoisotopic (exact) mass is 882 g/mol. The molecular weight excluding hydrogens is 839 g/mol. The molecule has 15 nitrogen and oxygen atoms in total. The fourth-order valence-corrected chi connectivity index (χ4v) is 6.37. The number of carbonyl (C=O) groups excluding carboxylic acids is 1. The van der Waals surface area contributed by atoms with Gasteiger partial charge >= 0.3 is 5.97 Å². The van der Waals surface area contributed by atoms with Gasteiger partial charge in [-0.1, -0.05) is 24.3 Å². The highest BCUT2D eigenvalue weighted by Crippen LogP contribution is 2.26. The molecule has 0 saturated heterocycles. The van der Waals surface area contributed by atoms with E-state index in [1.807, 2.05) is 26.2 Å². The molecule has 4 aromatic heterocycles. The molecule has 0 saturated carbocycles. The molecular formula is C48H44F2N8O7. The van der Waals surface area contributed by atoms with Crippen LogP contribution in [0.25, 0.3) is 11.4 Å². The van der Waals surface area contributed by atoms with Crippen LogP contribution in [-0.4, -0.2) is 59.4 Å². The van der Waals surface area contributed by atoms with E-state index < -0.39 is 11.9 Å². The number of methoxy groups -OCH3 is 2. The van der Waals surface area contributed by atoms with E-state index in [0.717, 1.165) is 33.9 Å². The highest BCUT2D eigenvalue weighted by Gasteiger charge is 2.15. The lowest BCUT2D eigenvalue weighted by atomic mass is 10.1. The van der Waals surface area contributed by atoms with Gasteiger partial charge in [-0.2, -0.15) is 0 Å². The summed E-state index contributed by atoms with van der Waals surface area (Å²) < 4.78 is 43.0. The zero-order valence-electron chi connectivity index (χ0n) is 35.7. The Hall–Kier alpha value is -8.60. The van der Waals surface area contributed by atoms with E-state index in [0.29, 0.717) is 23.6 Å². The summed E-state index contributed by atoms with van der Waals surface area (Å²) in [6.07, 6.45) is 10.3. The third-order valence-electron chi connectivity index (χ3n) is 9.70. The van der Waals surface area contributed by atoms with Crippen LogP contribution in [0.1, 0.15) is 43.2 Å². The summed E-state index contributed by atoms with van der Waals surface area (Å²) in [5.74, 6) is -1.04. The number of imidazole rings is 2. The van der Waals surface area contributed by atoms with Crippen molar-refractivity contribution in [2.75, 3.05) is 25.3 Å². The maximum atomic E-state index is 13.1. The van der Waals surface area contributed by atoms with Gasteiger partial charge in [0.25, 0.3) is 17.0 Å². The summed E-state index contributed by atoms with van der Waals surface area (Å²) in [6, 6.07) is 28.2. The number of anilines is 2. The van der Waals surface area contributed by atoms with Crippen LogP contribution in [0.5, 0.6) is 11.5 Å². The van der Waals surface area contributed by atoms with Crippen molar-refractivity contribution in [1.82, 2.24) is 28.2 Å². The molecule has 4 heterocycles. The molecule has 1 amide bonds. The predicted molar refractivity (Wildman–Crippen MR) is 241 cm³/mol. The Balaban J connectivity index is 0.000000178. The molecule has 0 bridgehead atoms. The molecule has 65 heavy (non-hydrogen) atoms. The highest BCUT2D eigenvalue weighted by atomic mass is 19.1. The summed E-state index contributed by atoms with van der Waals surface area (Å²) in [5.41, 5.74) is 10.7. The van der Waals surface area contributed by atoms with Crippen molar-refractivity contribution in [2.24, 2.45) is 0 Å². The number of nitrogens with zero attached hydrogens (tertiary/aromatic N) is 6. The number of aromatic nitrogens is 6. The van der Waals surface area contributed by atoms with Crippen molar-refractivity contribution < 1.29 is 33.0 Å². The number of amides is 1.